The second-order valence-electron chi connectivity index (χ2n) is 8.11. The predicted octanol–water partition coefficient (Wildman–Crippen LogP) is 4.29. The van der Waals surface area contributed by atoms with E-state index in [-0.39, 0.29) is 28.5 Å². The molecule has 166 valence electrons. The number of nitrogens with zero attached hydrogens (tertiary/aromatic N) is 3. The van der Waals surface area contributed by atoms with E-state index >= 15 is 0 Å². The van der Waals surface area contributed by atoms with Crippen LogP contribution in [0.1, 0.15) is 48.7 Å². The van der Waals surface area contributed by atoms with Crippen molar-refractivity contribution >= 4 is 17.5 Å². The Hall–Kier alpha value is -3.19. The fraction of sp³-hybridized carbons (Fsp3) is 0.333. The van der Waals surface area contributed by atoms with Gasteiger partial charge >= 0.3 is 0 Å². The van der Waals surface area contributed by atoms with Crippen LogP contribution >= 0.6 is 11.6 Å². The van der Waals surface area contributed by atoms with Crippen molar-refractivity contribution in [3.05, 3.63) is 75.4 Å². The standard InChI is InChI=1S/C24H25ClN4O3/c1-15(2)32-19-5-3-18(4-6-19)24(31)29-13-9-16(10-14-29)21-20(25)23(30)28-22(27-21)17-7-11-26-12-8-17/h3-8,11-12,15-16H,9-10,13-14H2,1-2H3,(H,27,28,30). The van der Waals surface area contributed by atoms with Crippen molar-refractivity contribution in [1.29, 1.82) is 0 Å². The Morgan fingerprint density at radius 1 is 1.12 bits per heavy atom. The number of pyridine rings is 1. The van der Waals surface area contributed by atoms with E-state index in [1.165, 1.54) is 0 Å². The van der Waals surface area contributed by atoms with Crippen molar-refractivity contribution in [2.75, 3.05) is 13.1 Å². The molecule has 1 aliphatic heterocycles. The van der Waals surface area contributed by atoms with Crippen molar-refractivity contribution in [3.63, 3.8) is 0 Å². The monoisotopic (exact) mass is 452 g/mol. The van der Waals surface area contributed by atoms with Crippen molar-refractivity contribution in [3.8, 4) is 17.1 Å². The molecule has 1 N–H and O–H groups in total. The third-order valence-corrected chi connectivity index (χ3v) is 5.85. The third-order valence-electron chi connectivity index (χ3n) is 5.48. The summed E-state index contributed by atoms with van der Waals surface area (Å²) in [5.41, 5.74) is 1.63. The van der Waals surface area contributed by atoms with Gasteiger partial charge in [-0.05, 0) is 63.1 Å². The van der Waals surface area contributed by atoms with Gasteiger partial charge in [-0.15, -0.1) is 0 Å². The highest BCUT2D eigenvalue weighted by Crippen LogP contribution is 2.31. The van der Waals surface area contributed by atoms with E-state index in [9.17, 15) is 9.59 Å². The molecule has 1 aliphatic rings. The molecule has 0 spiro atoms. The number of piperidine rings is 1. The molecule has 0 unspecified atom stereocenters. The maximum absolute atomic E-state index is 12.9. The third kappa shape index (κ3) is 4.83. The van der Waals surface area contributed by atoms with Gasteiger partial charge in [-0.25, -0.2) is 4.98 Å². The van der Waals surface area contributed by atoms with Crippen LogP contribution in [-0.2, 0) is 0 Å². The van der Waals surface area contributed by atoms with Crippen LogP contribution in [-0.4, -0.2) is 45.0 Å². The van der Waals surface area contributed by atoms with Crippen LogP contribution < -0.4 is 10.3 Å². The molecule has 2 aromatic heterocycles. The first-order valence-corrected chi connectivity index (χ1v) is 11.1. The van der Waals surface area contributed by atoms with Crippen LogP contribution in [0.15, 0.2) is 53.6 Å². The van der Waals surface area contributed by atoms with E-state index in [0.717, 1.165) is 11.3 Å². The lowest BCUT2D eigenvalue weighted by Crippen LogP contribution is -2.38. The maximum Gasteiger partial charge on any atom is 0.270 e. The molecule has 8 heteroatoms. The lowest BCUT2D eigenvalue weighted by Gasteiger charge is -2.32. The number of aromatic amines is 1. The van der Waals surface area contributed by atoms with Gasteiger partial charge in [0.2, 0.25) is 0 Å². The molecule has 1 saturated heterocycles. The summed E-state index contributed by atoms with van der Waals surface area (Å²) in [5.74, 6) is 1.22. The van der Waals surface area contributed by atoms with Gasteiger partial charge < -0.3 is 14.6 Å². The fourth-order valence-electron chi connectivity index (χ4n) is 3.88. The van der Waals surface area contributed by atoms with Crippen LogP contribution in [0, 0.1) is 0 Å². The van der Waals surface area contributed by atoms with E-state index in [0.29, 0.717) is 43.0 Å². The molecule has 3 aromatic rings. The van der Waals surface area contributed by atoms with E-state index < -0.39 is 0 Å². The normalized spacial score (nSPS) is 14.6. The average Bonchev–Trinajstić information content (AvgIpc) is 2.81. The summed E-state index contributed by atoms with van der Waals surface area (Å²) in [7, 11) is 0. The topological polar surface area (TPSA) is 88.2 Å². The summed E-state index contributed by atoms with van der Waals surface area (Å²) in [6.45, 7) is 5.07. The fourth-order valence-corrected chi connectivity index (χ4v) is 4.12. The zero-order chi connectivity index (χ0) is 22.7. The Morgan fingerprint density at radius 2 is 1.78 bits per heavy atom. The molecule has 1 fully saturated rings. The molecular formula is C24H25ClN4O3. The molecule has 1 aromatic carbocycles. The number of hydrogen-bond acceptors (Lipinski definition) is 5. The number of hydrogen-bond donors (Lipinski definition) is 1. The minimum Gasteiger partial charge on any atom is -0.491 e. The minimum absolute atomic E-state index is 0.0104. The number of carbonyl (C=O) groups excluding carboxylic acids is 1. The first-order valence-electron chi connectivity index (χ1n) is 10.7. The van der Waals surface area contributed by atoms with E-state index in [2.05, 4.69) is 15.0 Å². The maximum atomic E-state index is 12.9. The van der Waals surface area contributed by atoms with Gasteiger partial charge in [-0.2, -0.15) is 0 Å². The molecule has 0 bridgehead atoms. The number of rotatable bonds is 5. The second kappa shape index (κ2) is 9.53. The van der Waals surface area contributed by atoms with Crippen molar-refractivity contribution in [1.82, 2.24) is 19.9 Å². The van der Waals surface area contributed by atoms with Crippen molar-refractivity contribution in [2.24, 2.45) is 0 Å². The van der Waals surface area contributed by atoms with Crippen molar-refractivity contribution < 1.29 is 9.53 Å². The Kier molecular flexibility index (Phi) is 6.55. The molecule has 32 heavy (non-hydrogen) atoms. The Labute approximate surface area is 191 Å². The zero-order valence-electron chi connectivity index (χ0n) is 18.0. The highest BCUT2D eigenvalue weighted by molar-refractivity contribution is 6.31. The molecule has 0 atom stereocenters. The van der Waals surface area contributed by atoms with Crippen LogP contribution in [0.25, 0.3) is 11.4 Å². The van der Waals surface area contributed by atoms with E-state index in [4.69, 9.17) is 16.3 Å². The lowest BCUT2D eigenvalue weighted by molar-refractivity contribution is 0.0712. The highest BCUT2D eigenvalue weighted by atomic mass is 35.5. The van der Waals surface area contributed by atoms with Crippen LogP contribution in [0.2, 0.25) is 5.02 Å². The molecule has 0 radical (unpaired) electrons. The number of benzene rings is 1. The summed E-state index contributed by atoms with van der Waals surface area (Å²) in [6, 6.07) is 10.8. The van der Waals surface area contributed by atoms with Crippen molar-refractivity contribution in [2.45, 2.75) is 38.7 Å². The largest absolute Gasteiger partial charge is 0.491 e. The quantitative estimate of drug-likeness (QED) is 0.623. The van der Waals surface area contributed by atoms with Crippen LogP contribution in [0.4, 0.5) is 0 Å². The highest BCUT2D eigenvalue weighted by Gasteiger charge is 2.28. The van der Waals surface area contributed by atoms with Crippen LogP contribution in [0.5, 0.6) is 5.75 Å². The lowest BCUT2D eigenvalue weighted by atomic mass is 9.92. The number of carbonyl (C=O) groups is 1. The van der Waals surface area contributed by atoms with Gasteiger partial charge in [0.25, 0.3) is 11.5 Å². The molecule has 4 rings (SSSR count). The Bertz CT molecular complexity index is 1140. The van der Waals surface area contributed by atoms with Gasteiger partial charge in [0.15, 0.2) is 0 Å². The molecule has 3 heterocycles. The van der Waals surface area contributed by atoms with Gasteiger partial charge in [0.05, 0.1) is 11.8 Å². The summed E-state index contributed by atoms with van der Waals surface area (Å²) >= 11 is 6.32. The number of ether oxygens (including phenoxy) is 1. The Balaban J connectivity index is 1.46. The molecule has 0 aliphatic carbocycles. The van der Waals surface area contributed by atoms with E-state index in [1.54, 1.807) is 36.7 Å². The molecule has 7 nitrogen and oxygen atoms in total. The first kappa shape index (κ1) is 22.0. The summed E-state index contributed by atoms with van der Waals surface area (Å²) in [6.07, 6.45) is 4.75. The van der Waals surface area contributed by atoms with Gasteiger partial charge in [-0.3, -0.25) is 14.6 Å². The molecular weight excluding hydrogens is 428 g/mol. The van der Waals surface area contributed by atoms with Gasteiger partial charge in [-0.1, -0.05) is 11.6 Å². The predicted molar refractivity (Wildman–Crippen MR) is 123 cm³/mol. The SMILES string of the molecule is CC(C)Oc1ccc(C(=O)N2CCC(c3nc(-c4ccncc4)[nH]c(=O)c3Cl)CC2)cc1. The summed E-state index contributed by atoms with van der Waals surface area (Å²) in [5, 5.41) is 0.119. The number of H-pyrrole nitrogens is 1. The van der Waals surface area contributed by atoms with Gasteiger partial charge in [0.1, 0.15) is 16.6 Å². The minimum atomic E-state index is -0.356. The average molecular weight is 453 g/mol. The summed E-state index contributed by atoms with van der Waals surface area (Å²) in [4.78, 5) is 38.6. The number of halogens is 1. The van der Waals surface area contributed by atoms with E-state index in [1.807, 2.05) is 30.9 Å². The number of nitrogens with one attached hydrogen (secondary N) is 1. The number of aromatic nitrogens is 3. The zero-order valence-corrected chi connectivity index (χ0v) is 18.8. The Morgan fingerprint density at radius 3 is 2.41 bits per heavy atom. The number of likely N-dealkylation sites (tertiary alicyclic amines) is 1. The second-order valence-corrected chi connectivity index (χ2v) is 8.49. The first-order chi connectivity index (χ1) is 15.4. The smallest absolute Gasteiger partial charge is 0.270 e. The molecule has 1 amide bonds. The van der Waals surface area contributed by atoms with Crippen LogP contribution in [0.3, 0.4) is 0 Å². The summed E-state index contributed by atoms with van der Waals surface area (Å²) < 4.78 is 5.64. The molecule has 0 saturated carbocycles. The van der Waals surface area contributed by atoms with Gasteiger partial charge in [0, 0.05) is 42.5 Å². The number of amides is 1.